The normalized spacial score (nSPS) is 25.0. The fourth-order valence-electron chi connectivity index (χ4n) is 3.88. The van der Waals surface area contributed by atoms with Crippen LogP contribution in [0, 0.1) is 25.7 Å². The van der Waals surface area contributed by atoms with Crippen LogP contribution in [0.1, 0.15) is 33.2 Å². The van der Waals surface area contributed by atoms with E-state index in [2.05, 4.69) is 4.98 Å². The van der Waals surface area contributed by atoms with Gasteiger partial charge in [-0.1, -0.05) is 0 Å². The van der Waals surface area contributed by atoms with Crippen molar-refractivity contribution in [1.82, 2.24) is 9.88 Å². The van der Waals surface area contributed by atoms with Crippen LogP contribution in [0.4, 0.5) is 0 Å². The van der Waals surface area contributed by atoms with Crippen LogP contribution in [0.25, 0.3) is 0 Å². The second-order valence-corrected chi connectivity index (χ2v) is 8.20. The molecule has 0 saturated carbocycles. The highest BCUT2D eigenvalue weighted by Crippen LogP contribution is 2.36. The minimum Gasteiger partial charge on any atom is -0.459 e. The molecule has 2 aliphatic rings. The van der Waals surface area contributed by atoms with Gasteiger partial charge in [0.05, 0.1) is 36.3 Å². The van der Waals surface area contributed by atoms with Crippen molar-refractivity contribution in [3.8, 4) is 0 Å². The molecule has 2 aromatic rings. The molecule has 140 valence electrons. The van der Waals surface area contributed by atoms with E-state index in [0.717, 1.165) is 35.8 Å². The zero-order valence-electron chi connectivity index (χ0n) is 15.1. The first-order chi connectivity index (χ1) is 12.6. The summed E-state index contributed by atoms with van der Waals surface area (Å²) in [5.41, 5.74) is 1.88. The van der Waals surface area contributed by atoms with Gasteiger partial charge in [-0.05, 0) is 32.3 Å². The Bertz CT molecular complexity index is 771. The van der Waals surface area contributed by atoms with E-state index in [9.17, 15) is 4.79 Å². The highest BCUT2D eigenvalue weighted by Gasteiger charge is 2.45. The predicted molar refractivity (Wildman–Crippen MR) is 97.2 cm³/mol. The van der Waals surface area contributed by atoms with Crippen molar-refractivity contribution in [1.29, 1.82) is 0 Å². The van der Waals surface area contributed by atoms with Crippen molar-refractivity contribution in [3.63, 3.8) is 0 Å². The smallest absolute Gasteiger partial charge is 0.289 e. The first kappa shape index (κ1) is 17.7. The van der Waals surface area contributed by atoms with Gasteiger partial charge in [-0.2, -0.15) is 0 Å². The standard InChI is InChI=1S/C19H24N2O4S/c1-12-3-6-24-18(12)19(22)21-7-16-14(9-25-17(16)8-21)4-5-23-10-15-11-26-13(2)20-15/h3,6,11,14,16-17H,4-5,7-10H2,1-2H3/t14-,16-,17-/m0/s1. The summed E-state index contributed by atoms with van der Waals surface area (Å²) in [5, 5.41) is 3.11. The zero-order chi connectivity index (χ0) is 18.1. The van der Waals surface area contributed by atoms with Crippen LogP contribution in [0.3, 0.4) is 0 Å². The number of rotatable bonds is 6. The Hall–Kier alpha value is -1.70. The first-order valence-corrected chi connectivity index (χ1v) is 9.93. The lowest BCUT2D eigenvalue weighted by molar-refractivity contribution is 0.0623. The number of aromatic nitrogens is 1. The van der Waals surface area contributed by atoms with Crippen LogP contribution in [-0.4, -0.2) is 48.2 Å². The molecule has 26 heavy (non-hydrogen) atoms. The van der Waals surface area contributed by atoms with Crippen LogP contribution in [-0.2, 0) is 16.1 Å². The third kappa shape index (κ3) is 3.56. The van der Waals surface area contributed by atoms with E-state index in [4.69, 9.17) is 13.9 Å². The molecule has 0 aliphatic carbocycles. The summed E-state index contributed by atoms with van der Waals surface area (Å²) in [4.78, 5) is 18.9. The Kier molecular flexibility index (Phi) is 5.11. The van der Waals surface area contributed by atoms with Gasteiger partial charge in [-0.15, -0.1) is 11.3 Å². The summed E-state index contributed by atoms with van der Waals surface area (Å²) >= 11 is 1.65. The molecule has 1 amide bonds. The van der Waals surface area contributed by atoms with Crippen LogP contribution in [0.2, 0.25) is 0 Å². The molecule has 4 rings (SSSR count). The molecule has 0 unspecified atom stereocenters. The molecular formula is C19H24N2O4S. The number of likely N-dealkylation sites (tertiary alicyclic amines) is 1. The van der Waals surface area contributed by atoms with Crippen LogP contribution >= 0.6 is 11.3 Å². The minimum absolute atomic E-state index is 0.0283. The molecule has 2 aliphatic heterocycles. The largest absolute Gasteiger partial charge is 0.459 e. The van der Waals surface area contributed by atoms with Gasteiger partial charge >= 0.3 is 0 Å². The van der Waals surface area contributed by atoms with E-state index in [-0.39, 0.29) is 12.0 Å². The summed E-state index contributed by atoms with van der Waals surface area (Å²) in [6.45, 7) is 7.30. The van der Waals surface area contributed by atoms with Gasteiger partial charge in [0.25, 0.3) is 5.91 Å². The van der Waals surface area contributed by atoms with E-state index in [1.54, 1.807) is 17.6 Å². The maximum atomic E-state index is 12.6. The van der Waals surface area contributed by atoms with E-state index >= 15 is 0 Å². The monoisotopic (exact) mass is 376 g/mol. The number of nitrogens with zero attached hydrogens (tertiary/aromatic N) is 2. The van der Waals surface area contributed by atoms with Gasteiger partial charge in [-0.25, -0.2) is 4.98 Å². The van der Waals surface area contributed by atoms with E-state index in [0.29, 0.717) is 37.4 Å². The van der Waals surface area contributed by atoms with E-state index < -0.39 is 0 Å². The number of amides is 1. The number of carbonyl (C=O) groups excluding carboxylic acids is 1. The zero-order valence-corrected chi connectivity index (χ0v) is 16.0. The van der Waals surface area contributed by atoms with Crippen molar-refractivity contribution in [3.05, 3.63) is 39.7 Å². The average molecular weight is 376 g/mol. The molecule has 0 bridgehead atoms. The molecule has 0 aromatic carbocycles. The Morgan fingerprint density at radius 1 is 1.42 bits per heavy atom. The first-order valence-electron chi connectivity index (χ1n) is 9.05. The minimum atomic E-state index is -0.0283. The van der Waals surface area contributed by atoms with Crippen LogP contribution in [0.15, 0.2) is 22.1 Å². The molecule has 7 heteroatoms. The second kappa shape index (κ2) is 7.50. The Labute approximate surface area is 157 Å². The number of ether oxygens (including phenoxy) is 2. The molecular weight excluding hydrogens is 352 g/mol. The van der Waals surface area contributed by atoms with Gasteiger partial charge in [0, 0.05) is 36.6 Å². The van der Waals surface area contributed by atoms with Crippen molar-refractivity contribution in [2.24, 2.45) is 11.8 Å². The lowest BCUT2D eigenvalue weighted by Gasteiger charge is -2.19. The average Bonchev–Trinajstić information content (AvgIpc) is 3.37. The summed E-state index contributed by atoms with van der Waals surface area (Å²) < 4.78 is 17.1. The maximum absolute atomic E-state index is 12.6. The molecule has 6 nitrogen and oxygen atoms in total. The molecule has 4 heterocycles. The quantitative estimate of drug-likeness (QED) is 0.725. The summed E-state index contributed by atoms with van der Waals surface area (Å²) in [5.74, 6) is 1.25. The Morgan fingerprint density at radius 2 is 2.31 bits per heavy atom. The molecule has 0 radical (unpaired) electrons. The number of carbonyl (C=O) groups is 1. The third-order valence-corrected chi connectivity index (χ3v) is 6.15. The van der Waals surface area contributed by atoms with Gasteiger partial charge < -0.3 is 18.8 Å². The topological polar surface area (TPSA) is 64.8 Å². The number of thiazole rings is 1. The molecule has 0 N–H and O–H groups in total. The van der Waals surface area contributed by atoms with Gasteiger partial charge in [0.2, 0.25) is 0 Å². The van der Waals surface area contributed by atoms with Gasteiger partial charge in [0.1, 0.15) is 0 Å². The number of aryl methyl sites for hydroxylation is 2. The number of fused-ring (bicyclic) bond motifs is 1. The van der Waals surface area contributed by atoms with Crippen molar-refractivity contribution in [2.75, 3.05) is 26.3 Å². The SMILES string of the molecule is Cc1nc(COCC[C@H]2CO[C@H]3CN(C(=O)c4occc4C)C[C@@H]23)cs1. The molecule has 2 fully saturated rings. The molecule has 3 atom stereocenters. The summed E-state index contributed by atoms with van der Waals surface area (Å²) in [6, 6.07) is 1.82. The fourth-order valence-corrected chi connectivity index (χ4v) is 4.48. The third-order valence-electron chi connectivity index (χ3n) is 5.33. The number of furan rings is 1. The Morgan fingerprint density at radius 3 is 3.04 bits per heavy atom. The van der Waals surface area contributed by atoms with Crippen LogP contribution in [0.5, 0.6) is 0 Å². The summed E-state index contributed by atoms with van der Waals surface area (Å²) in [6.07, 6.45) is 2.66. The lowest BCUT2D eigenvalue weighted by Crippen LogP contribution is -2.31. The number of hydrogen-bond donors (Lipinski definition) is 0. The molecule has 2 saturated heterocycles. The lowest BCUT2D eigenvalue weighted by atomic mass is 9.91. The van der Waals surface area contributed by atoms with Crippen molar-refractivity contribution in [2.45, 2.75) is 33.0 Å². The van der Waals surface area contributed by atoms with E-state index in [1.807, 2.05) is 30.2 Å². The highest BCUT2D eigenvalue weighted by molar-refractivity contribution is 7.09. The Balaban J connectivity index is 1.26. The fraction of sp³-hybridized carbons (Fsp3) is 0.579. The van der Waals surface area contributed by atoms with Crippen molar-refractivity contribution < 1.29 is 18.7 Å². The maximum Gasteiger partial charge on any atom is 0.289 e. The van der Waals surface area contributed by atoms with Gasteiger partial charge in [-0.3, -0.25) is 4.79 Å². The predicted octanol–water partition coefficient (Wildman–Crippen LogP) is 3.05. The second-order valence-electron chi connectivity index (χ2n) is 7.14. The van der Waals surface area contributed by atoms with Crippen LogP contribution < -0.4 is 0 Å². The van der Waals surface area contributed by atoms with Gasteiger partial charge in [0.15, 0.2) is 5.76 Å². The number of hydrogen-bond acceptors (Lipinski definition) is 6. The highest BCUT2D eigenvalue weighted by atomic mass is 32.1. The van der Waals surface area contributed by atoms with E-state index in [1.165, 1.54) is 0 Å². The summed E-state index contributed by atoms with van der Waals surface area (Å²) in [7, 11) is 0. The molecule has 0 spiro atoms. The van der Waals surface area contributed by atoms with Crippen molar-refractivity contribution >= 4 is 17.2 Å². The molecule has 2 aromatic heterocycles.